The first-order chi connectivity index (χ1) is 17.1. The van der Waals surface area contributed by atoms with E-state index in [0.29, 0.717) is 28.4 Å². The molecule has 5 rings (SSSR count). The molecule has 3 amide bonds. The third-order valence-corrected chi connectivity index (χ3v) is 5.44. The Bertz CT molecular complexity index is 1410. The van der Waals surface area contributed by atoms with Crippen LogP contribution in [0.1, 0.15) is 11.3 Å². The molecular weight excluding hydrogens is 442 g/mol. The van der Waals surface area contributed by atoms with Crippen LogP contribution in [0.3, 0.4) is 0 Å². The van der Waals surface area contributed by atoms with Crippen LogP contribution >= 0.6 is 0 Å². The van der Waals surface area contributed by atoms with Gasteiger partial charge in [0.1, 0.15) is 5.75 Å². The summed E-state index contributed by atoms with van der Waals surface area (Å²) < 4.78 is 5.41. The van der Waals surface area contributed by atoms with Crippen molar-refractivity contribution in [1.82, 2.24) is 4.98 Å². The van der Waals surface area contributed by atoms with Gasteiger partial charge in [-0.1, -0.05) is 24.3 Å². The Hall–Kier alpha value is -4.98. The minimum atomic E-state index is -0.364. The topological polar surface area (TPSA) is 107 Å². The molecule has 1 aromatic heterocycles. The van der Waals surface area contributed by atoms with Gasteiger partial charge in [-0.15, -0.1) is 0 Å². The van der Waals surface area contributed by atoms with Crippen molar-refractivity contribution in [3.8, 4) is 5.75 Å². The van der Waals surface area contributed by atoms with E-state index in [-0.39, 0.29) is 11.9 Å². The van der Waals surface area contributed by atoms with Crippen LogP contribution in [0.2, 0.25) is 0 Å². The first kappa shape index (κ1) is 21.8. The number of rotatable bonds is 6. The molecular formula is C27H23N5O3. The highest BCUT2D eigenvalue weighted by atomic mass is 16.5. The van der Waals surface area contributed by atoms with E-state index >= 15 is 0 Å². The highest BCUT2D eigenvalue weighted by molar-refractivity contribution is 6.35. The SMILES string of the molecule is COc1cc(NC(=O)Nc2ccccc2)cc(Nc2ccc3c(c2)NC(=O)/C3=C/c2ccc[nH]2)c1. The van der Waals surface area contributed by atoms with Crippen LogP contribution in [0.5, 0.6) is 5.75 Å². The Morgan fingerprint density at radius 3 is 2.43 bits per heavy atom. The lowest BCUT2D eigenvalue weighted by molar-refractivity contribution is -0.110. The van der Waals surface area contributed by atoms with Gasteiger partial charge in [-0.3, -0.25) is 4.79 Å². The second kappa shape index (κ2) is 9.48. The number of methoxy groups -OCH3 is 1. The van der Waals surface area contributed by atoms with Gasteiger partial charge in [0.05, 0.1) is 18.4 Å². The maximum atomic E-state index is 12.5. The van der Waals surface area contributed by atoms with Gasteiger partial charge in [0, 0.05) is 52.3 Å². The van der Waals surface area contributed by atoms with Crippen molar-refractivity contribution in [2.24, 2.45) is 0 Å². The van der Waals surface area contributed by atoms with Crippen molar-refractivity contribution >= 4 is 52.0 Å². The number of nitrogens with one attached hydrogen (secondary N) is 5. The summed E-state index contributed by atoms with van der Waals surface area (Å²) in [6.07, 6.45) is 3.64. The second-order valence-electron chi connectivity index (χ2n) is 7.92. The summed E-state index contributed by atoms with van der Waals surface area (Å²) in [5.74, 6) is 0.430. The number of fused-ring (bicyclic) bond motifs is 1. The number of carbonyl (C=O) groups is 2. The van der Waals surface area contributed by atoms with Crippen molar-refractivity contribution in [2.45, 2.75) is 0 Å². The highest BCUT2D eigenvalue weighted by Crippen LogP contribution is 2.36. The Balaban J connectivity index is 1.34. The first-order valence-electron chi connectivity index (χ1n) is 11.0. The molecule has 2 heterocycles. The summed E-state index contributed by atoms with van der Waals surface area (Å²) in [4.78, 5) is 28.0. The summed E-state index contributed by atoms with van der Waals surface area (Å²) >= 11 is 0. The normalized spacial score (nSPS) is 13.2. The average Bonchev–Trinajstić information content (AvgIpc) is 3.47. The summed E-state index contributed by atoms with van der Waals surface area (Å²) in [7, 11) is 1.57. The average molecular weight is 466 g/mol. The van der Waals surface area contributed by atoms with E-state index in [1.54, 1.807) is 19.2 Å². The number of ether oxygens (including phenoxy) is 1. The molecule has 1 aliphatic heterocycles. The zero-order valence-corrected chi connectivity index (χ0v) is 18.9. The molecule has 3 aromatic carbocycles. The van der Waals surface area contributed by atoms with Crippen LogP contribution in [0.15, 0.2) is 85.1 Å². The van der Waals surface area contributed by atoms with E-state index in [1.165, 1.54) is 0 Å². The molecule has 4 aromatic rings. The van der Waals surface area contributed by atoms with Gasteiger partial charge in [-0.2, -0.15) is 0 Å². The molecule has 0 saturated heterocycles. The number of benzene rings is 3. The molecule has 8 heteroatoms. The largest absolute Gasteiger partial charge is 0.497 e. The van der Waals surface area contributed by atoms with E-state index in [4.69, 9.17) is 4.74 Å². The van der Waals surface area contributed by atoms with Crippen LogP contribution in [0, 0.1) is 0 Å². The zero-order valence-electron chi connectivity index (χ0n) is 18.9. The lowest BCUT2D eigenvalue weighted by Gasteiger charge is -2.13. The number of carbonyl (C=O) groups excluding carboxylic acids is 2. The number of aromatic nitrogens is 1. The maximum Gasteiger partial charge on any atom is 0.323 e. The van der Waals surface area contributed by atoms with Crippen molar-refractivity contribution < 1.29 is 14.3 Å². The third-order valence-electron chi connectivity index (χ3n) is 5.44. The maximum absolute atomic E-state index is 12.5. The predicted octanol–water partition coefficient (Wildman–Crippen LogP) is 5.90. The quantitative estimate of drug-likeness (QED) is 0.228. The molecule has 0 spiro atoms. The van der Waals surface area contributed by atoms with Gasteiger partial charge in [-0.25, -0.2) is 4.79 Å². The van der Waals surface area contributed by atoms with Crippen LogP contribution < -0.4 is 26.0 Å². The van der Waals surface area contributed by atoms with E-state index in [2.05, 4.69) is 26.3 Å². The first-order valence-corrected chi connectivity index (χ1v) is 11.0. The van der Waals surface area contributed by atoms with E-state index in [0.717, 1.165) is 22.6 Å². The smallest absolute Gasteiger partial charge is 0.323 e. The molecule has 0 unspecified atom stereocenters. The highest BCUT2D eigenvalue weighted by Gasteiger charge is 2.24. The molecule has 0 aliphatic carbocycles. The number of hydrogen-bond acceptors (Lipinski definition) is 4. The molecule has 8 nitrogen and oxygen atoms in total. The fourth-order valence-electron chi connectivity index (χ4n) is 3.85. The molecule has 5 N–H and O–H groups in total. The van der Waals surface area contributed by atoms with Crippen LogP contribution in [-0.4, -0.2) is 24.0 Å². The number of urea groups is 1. The molecule has 0 atom stereocenters. The fraction of sp³-hybridized carbons (Fsp3) is 0.0370. The lowest BCUT2D eigenvalue weighted by Crippen LogP contribution is -2.19. The van der Waals surface area contributed by atoms with E-state index < -0.39 is 0 Å². The monoisotopic (exact) mass is 465 g/mol. The summed E-state index contributed by atoms with van der Waals surface area (Å²) in [6.45, 7) is 0. The summed E-state index contributed by atoms with van der Waals surface area (Å²) in [6, 6.07) is 23.6. The van der Waals surface area contributed by atoms with Crippen molar-refractivity contribution in [3.05, 3.63) is 96.3 Å². The molecule has 35 heavy (non-hydrogen) atoms. The van der Waals surface area contributed by atoms with Crippen LogP contribution in [-0.2, 0) is 4.79 Å². The molecule has 0 saturated carbocycles. The van der Waals surface area contributed by atoms with Crippen molar-refractivity contribution in [2.75, 3.05) is 28.4 Å². The Kier molecular flexibility index (Phi) is 5.92. The third kappa shape index (κ3) is 5.01. The van der Waals surface area contributed by atoms with Gasteiger partial charge in [0.2, 0.25) is 0 Å². The Labute approximate surface area is 202 Å². The fourth-order valence-corrected chi connectivity index (χ4v) is 3.85. The van der Waals surface area contributed by atoms with Gasteiger partial charge in [-0.05, 0) is 48.5 Å². The number of para-hydroxylation sites is 1. The second-order valence-corrected chi connectivity index (χ2v) is 7.92. The number of hydrogen-bond donors (Lipinski definition) is 5. The molecule has 1 aliphatic rings. The predicted molar refractivity (Wildman–Crippen MR) is 139 cm³/mol. The molecule has 0 radical (unpaired) electrons. The van der Waals surface area contributed by atoms with Crippen molar-refractivity contribution in [1.29, 1.82) is 0 Å². The standard InChI is InChI=1S/C27H23N5O3/c1-35-22-13-20(12-21(14-22)31-27(34)30-17-6-3-2-4-7-17)29-19-9-10-23-24(15-18-8-5-11-28-18)26(33)32-25(23)16-19/h2-16,28-29H,1H3,(H,32,33)(H2,30,31,34)/b24-15+. The zero-order chi connectivity index (χ0) is 24.2. The molecule has 174 valence electrons. The number of aromatic amines is 1. The van der Waals surface area contributed by atoms with Gasteiger partial charge < -0.3 is 31.0 Å². The number of H-pyrrole nitrogens is 1. The molecule has 0 bridgehead atoms. The van der Waals surface area contributed by atoms with Crippen molar-refractivity contribution in [3.63, 3.8) is 0 Å². The Morgan fingerprint density at radius 1 is 0.857 bits per heavy atom. The molecule has 0 fully saturated rings. The number of amides is 3. The van der Waals surface area contributed by atoms with Gasteiger partial charge in [0.25, 0.3) is 5.91 Å². The summed E-state index contributed by atoms with van der Waals surface area (Å²) in [5.41, 5.74) is 5.76. The van der Waals surface area contributed by atoms with E-state index in [1.807, 2.05) is 79.0 Å². The van der Waals surface area contributed by atoms with E-state index in [9.17, 15) is 9.59 Å². The van der Waals surface area contributed by atoms with Gasteiger partial charge >= 0.3 is 6.03 Å². The summed E-state index contributed by atoms with van der Waals surface area (Å²) in [5, 5.41) is 11.9. The van der Waals surface area contributed by atoms with Gasteiger partial charge in [0.15, 0.2) is 0 Å². The lowest BCUT2D eigenvalue weighted by atomic mass is 10.1. The minimum absolute atomic E-state index is 0.149. The minimum Gasteiger partial charge on any atom is -0.497 e. The van der Waals surface area contributed by atoms with Crippen LogP contribution in [0.25, 0.3) is 11.6 Å². The Morgan fingerprint density at radius 2 is 1.66 bits per heavy atom. The van der Waals surface area contributed by atoms with Crippen LogP contribution in [0.4, 0.5) is 33.2 Å². The number of anilines is 5.